The Balaban J connectivity index is 1.85. The molecule has 130 valence electrons. The van der Waals surface area contributed by atoms with Crippen LogP contribution in [0.5, 0.6) is 5.75 Å². The maximum Gasteiger partial charge on any atom is 0.252 e. The number of para-hydroxylation sites is 1. The highest BCUT2D eigenvalue weighted by Crippen LogP contribution is 2.39. The Morgan fingerprint density at radius 1 is 1.28 bits per heavy atom. The Labute approximate surface area is 153 Å². The van der Waals surface area contributed by atoms with E-state index in [1.165, 1.54) is 0 Å². The highest BCUT2D eigenvalue weighted by Gasteiger charge is 2.34. The second-order valence-corrected chi connectivity index (χ2v) is 7.79. The van der Waals surface area contributed by atoms with Gasteiger partial charge in [-0.2, -0.15) is 0 Å². The van der Waals surface area contributed by atoms with Crippen LogP contribution in [0.15, 0.2) is 66.1 Å². The number of benzene rings is 2. The number of thioether (sulfide) groups is 1. The zero-order valence-corrected chi connectivity index (χ0v) is 15.4. The summed E-state index contributed by atoms with van der Waals surface area (Å²) < 4.78 is 6.05. The van der Waals surface area contributed by atoms with Gasteiger partial charge >= 0.3 is 0 Å². The molecule has 3 rings (SSSR count). The number of ether oxygens (including phenoxy) is 1. The predicted octanol–water partition coefficient (Wildman–Crippen LogP) is 5.00. The summed E-state index contributed by atoms with van der Waals surface area (Å²) in [4.78, 5) is 13.9. The smallest absolute Gasteiger partial charge is 0.252 e. The van der Waals surface area contributed by atoms with E-state index in [-0.39, 0.29) is 17.6 Å². The SMILES string of the molecule is C=CCSc1ccccc1C(=O)NC1CC(C)(C)Oc2ccccc21. The summed E-state index contributed by atoms with van der Waals surface area (Å²) in [5.74, 6) is 1.57. The van der Waals surface area contributed by atoms with Crippen LogP contribution in [0, 0.1) is 0 Å². The van der Waals surface area contributed by atoms with Crippen LogP contribution < -0.4 is 10.1 Å². The normalized spacial score (nSPS) is 17.9. The fourth-order valence-corrected chi connectivity index (χ4v) is 3.88. The van der Waals surface area contributed by atoms with Gasteiger partial charge in [-0.3, -0.25) is 4.79 Å². The summed E-state index contributed by atoms with van der Waals surface area (Å²) >= 11 is 1.62. The standard InChI is InChI=1S/C21H23NO2S/c1-4-13-25-19-12-8-6-10-16(19)20(23)22-17-14-21(2,3)24-18-11-7-5-9-15(17)18/h4-12,17H,1,13-14H2,2-3H3,(H,22,23). The Kier molecular flexibility index (Phi) is 5.19. The zero-order valence-electron chi connectivity index (χ0n) is 14.6. The molecule has 0 bridgehead atoms. The van der Waals surface area contributed by atoms with E-state index < -0.39 is 0 Å². The van der Waals surface area contributed by atoms with Gasteiger partial charge in [0.15, 0.2) is 0 Å². The zero-order chi connectivity index (χ0) is 17.9. The van der Waals surface area contributed by atoms with Crippen LogP contribution in [0.3, 0.4) is 0 Å². The van der Waals surface area contributed by atoms with Gasteiger partial charge in [-0.25, -0.2) is 0 Å². The molecule has 0 saturated carbocycles. The van der Waals surface area contributed by atoms with Gasteiger partial charge in [0, 0.05) is 22.6 Å². The van der Waals surface area contributed by atoms with Gasteiger partial charge in [-0.05, 0) is 32.0 Å². The molecule has 1 aliphatic rings. The molecule has 1 atom stereocenters. The largest absolute Gasteiger partial charge is 0.487 e. The van der Waals surface area contributed by atoms with Crippen LogP contribution >= 0.6 is 11.8 Å². The minimum Gasteiger partial charge on any atom is -0.487 e. The quantitative estimate of drug-likeness (QED) is 0.607. The topological polar surface area (TPSA) is 38.3 Å². The molecule has 4 heteroatoms. The molecular formula is C21H23NO2S. The minimum absolute atomic E-state index is 0.0512. The van der Waals surface area contributed by atoms with Crippen LogP contribution in [0.4, 0.5) is 0 Å². The Morgan fingerprint density at radius 2 is 2.00 bits per heavy atom. The van der Waals surface area contributed by atoms with Crippen molar-refractivity contribution in [1.82, 2.24) is 5.32 Å². The molecule has 1 N–H and O–H groups in total. The number of hydrogen-bond donors (Lipinski definition) is 1. The molecule has 2 aromatic rings. The number of carbonyl (C=O) groups excluding carboxylic acids is 1. The highest BCUT2D eigenvalue weighted by atomic mass is 32.2. The van der Waals surface area contributed by atoms with E-state index in [0.29, 0.717) is 5.56 Å². The first kappa shape index (κ1) is 17.6. The number of nitrogens with one attached hydrogen (secondary N) is 1. The van der Waals surface area contributed by atoms with Crippen molar-refractivity contribution in [1.29, 1.82) is 0 Å². The van der Waals surface area contributed by atoms with E-state index in [1.54, 1.807) is 11.8 Å². The second kappa shape index (κ2) is 7.36. The Hall–Kier alpha value is -2.20. The summed E-state index contributed by atoms with van der Waals surface area (Å²) in [6.07, 6.45) is 2.58. The van der Waals surface area contributed by atoms with Crippen LogP contribution in [-0.4, -0.2) is 17.3 Å². The van der Waals surface area contributed by atoms with Crippen molar-refractivity contribution < 1.29 is 9.53 Å². The predicted molar refractivity (Wildman–Crippen MR) is 103 cm³/mol. The molecule has 0 aromatic heterocycles. The van der Waals surface area contributed by atoms with E-state index in [4.69, 9.17) is 4.74 Å². The summed E-state index contributed by atoms with van der Waals surface area (Å²) in [6.45, 7) is 7.85. The molecule has 0 radical (unpaired) electrons. The molecule has 2 aromatic carbocycles. The van der Waals surface area contributed by atoms with Gasteiger partial charge in [0.1, 0.15) is 11.4 Å². The van der Waals surface area contributed by atoms with Crippen molar-refractivity contribution in [3.05, 3.63) is 72.3 Å². The molecule has 0 fully saturated rings. The second-order valence-electron chi connectivity index (χ2n) is 6.73. The van der Waals surface area contributed by atoms with Crippen molar-refractivity contribution >= 4 is 17.7 Å². The molecule has 3 nitrogen and oxygen atoms in total. The summed E-state index contributed by atoms with van der Waals surface area (Å²) in [7, 11) is 0. The van der Waals surface area contributed by atoms with Gasteiger partial charge in [0.2, 0.25) is 0 Å². The lowest BCUT2D eigenvalue weighted by Crippen LogP contribution is -2.41. The molecule has 1 unspecified atom stereocenters. The third kappa shape index (κ3) is 4.07. The Morgan fingerprint density at radius 3 is 2.80 bits per heavy atom. The summed E-state index contributed by atoms with van der Waals surface area (Å²) in [5, 5.41) is 3.21. The lowest BCUT2D eigenvalue weighted by Gasteiger charge is -2.38. The fraction of sp³-hybridized carbons (Fsp3) is 0.286. The van der Waals surface area contributed by atoms with Crippen molar-refractivity contribution in [2.45, 2.75) is 36.8 Å². The molecule has 1 amide bonds. The molecular weight excluding hydrogens is 330 g/mol. The number of rotatable bonds is 5. The van der Waals surface area contributed by atoms with Crippen LogP contribution in [0.1, 0.15) is 42.2 Å². The highest BCUT2D eigenvalue weighted by molar-refractivity contribution is 7.99. The van der Waals surface area contributed by atoms with E-state index in [9.17, 15) is 4.79 Å². The number of hydrogen-bond acceptors (Lipinski definition) is 3. The van der Waals surface area contributed by atoms with Crippen LogP contribution in [0.2, 0.25) is 0 Å². The van der Waals surface area contributed by atoms with Gasteiger partial charge in [0.25, 0.3) is 5.91 Å². The fourth-order valence-electron chi connectivity index (χ4n) is 3.10. The molecule has 25 heavy (non-hydrogen) atoms. The first-order chi connectivity index (χ1) is 12.0. The lowest BCUT2D eigenvalue weighted by atomic mass is 9.89. The van der Waals surface area contributed by atoms with Crippen molar-refractivity contribution in [3.63, 3.8) is 0 Å². The number of carbonyl (C=O) groups is 1. The van der Waals surface area contributed by atoms with Crippen molar-refractivity contribution in [2.24, 2.45) is 0 Å². The summed E-state index contributed by atoms with van der Waals surface area (Å²) in [5.41, 5.74) is 1.42. The third-order valence-corrected chi connectivity index (χ3v) is 5.24. The minimum atomic E-state index is -0.316. The van der Waals surface area contributed by atoms with E-state index in [0.717, 1.165) is 28.4 Å². The van der Waals surface area contributed by atoms with Gasteiger partial charge in [-0.15, -0.1) is 18.3 Å². The van der Waals surface area contributed by atoms with Crippen LogP contribution in [0.25, 0.3) is 0 Å². The van der Waals surface area contributed by atoms with Gasteiger partial charge < -0.3 is 10.1 Å². The van der Waals surface area contributed by atoms with Crippen LogP contribution in [-0.2, 0) is 0 Å². The monoisotopic (exact) mass is 353 g/mol. The molecule has 1 heterocycles. The third-order valence-electron chi connectivity index (χ3n) is 4.17. The maximum atomic E-state index is 12.9. The summed E-state index contributed by atoms with van der Waals surface area (Å²) in [6, 6.07) is 15.6. The van der Waals surface area contributed by atoms with Crippen molar-refractivity contribution in [2.75, 3.05) is 5.75 Å². The lowest BCUT2D eigenvalue weighted by molar-refractivity contribution is 0.0619. The van der Waals surface area contributed by atoms with E-state index in [2.05, 4.69) is 25.7 Å². The van der Waals surface area contributed by atoms with E-state index >= 15 is 0 Å². The Bertz CT molecular complexity index is 785. The van der Waals surface area contributed by atoms with Crippen molar-refractivity contribution in [3.8, 4) is 5.75 Å². The number of amides is 1. The molecule has 0 saturated heterocycles. The molecule has 0 spiro atoms. The van der Waals surface area contributed by atoms with E-state index in [1.807, 2.05) is 54.6 Å². The van der Waals surface area contributed by atoms with Gasteiger partial charge in [0.05, 0.1) is 11.6 Å². The number of fused-ring (bicyclic) bond motifs is 1. The first-order valence-corrected chi connectivity index (χ1v) is 9.40. The van der Waals surface area contributed by atoms with Gasteiger partial charge in [-0.1, -0.05) is 36.4 Å². The average molecular weight is 353 g/mol. The molecule has 0 aliphatic carbocycles. The maximum absolute atomic E-state index is 12.9. The molecule has 1 aliphatic heterocycles. The first-order valence-electron chi connectivity index (χ1n) is 8.42. The average Bonchev–Trinajstić information content (AvgIpc) is 2.59.